The Morgan fingerprint density at radius 3 is 1.67 bits per heavy atom. The quantitative estimate of drug-likeness (QED) is 0.154. The fraction of sp³-hybridized carbons (Fsp3) is 0.379. The Kier molecular flexibility index (Phi) is 11.1. The maximum atomic E-state index is 14.3. The summed E-state index contributed by atoms with van der Waals surface area (Å²) in [6.07, 6.45) is 2.03. The third kappa shape index (κ3) is 9.13. The molecule has 0 aliphatic heterocycles. The van der Waals surface area contributed by atoms with E-state index in [4.69, 9.17) is 13.1 Å². The minimum absolute atomic E-state index is 0.0338. The van der Waals surface area contributed by atoms with Crippen LogP contribution < -0.4 is 4.74 Å². The summed E-state index contributed by atoms with van der Waals surface area (Å²) in [5.41, 5.74) is 2.33. The van der Waals surface area contributed by atoms with Crippen molar-refractivity contribution in [1.82, 2.24) is 0 Å². The molecule has 0 aliphatic carbocycles. The van der Waals surface area contributed by atoms with Crippen LogP contribution in [-0.4, -0.2) is 36.7 Å². The number of aryl methyl sites for hydroxylation is 2. The first-order valence-corrected chi connectivity index (χ1v) is 15.7. The molecule has 0 heterocycles. The van der Waals surface area contributed by atoms with Crippen LogP contribution >= 0.6 is 0 Å². The van der Waals surface area contributed by atoms with Crippen molar-refractivity contribution in [2.24, 2.45) is 0 Å². The van der Waals surface area contributed by atoms with Crippen LogP contribution in [0, 0.1) is 19.7 Å². The van der Waals surface area contributed by atoms with Gasteiger partial charge in [0.25, 0.3) is 20.2 Å². The van der Waals surface area contributed by atoms with Crippen LogP contribution in [0.3, 0.4) is 0 Å². The van der Waals surface area contributed by atoms with Crippen molar-refractivity contribution in [3.05, 3.63) is 89.2 Å². The smallest absolute Gasteiger partial charge is 0.296 e. The number of hydrogen-bond acceptors (Lipinski definition) is 7. The van der Waals surface area contributed by atoms with Gasteiger partial charge in [-0.25, -0.2) is 4.39 Å². The standard InChI is InChI=1S/C29H35FO7S2/c1-4-5-18-35-29-15-10-25(30)21-28(29)24(16-19-36-38(31,32)26-11-6-22(2)7-12-26)17-20-37-39(33,34)27-13-8-23(3)9-14-27/h6-15,21,24H,4-5,16-20H2,1-3H3. The molecule has 0 spiro atoms. The van der Waals surface area contributed by atoms with Crippen molar-refractivity contribution in [3.8, 4) is 5.75 Å². The van der Waals surface area contributed by atoms with Gasteiger partial charge < -0.3 is 4.74 Å². The Bertz CT molecular complexity index is 1340. The van der Waals surface area contributed by atoms with Crippen molar-refractivity contribution in [3.63, 3.8) is 0 Å². The van der Waals surface area contributed by atoms with E-state index in [-0.39, 0.29) is 35.8 Å². The van der Waals surface area contributed by atoms with Gasteiger partial charge in [0, 0.05) is 5.56 Å². The molecule has 0 unspecified atom stereocenters. The van der Waals surface area contributed by atoms with Gasteiger partial charge in [-0.05, 0) is 81.5 Å². The van der Waals surface area contributed by atoms with Gasteiger partial charge in [-0.3, -0.25) is 8.37 Å². The van der Waals surface area contributed by atoms with Crippen LogP contribution in [0.1, 0.15) is 55.2 Å². The second-order valence-electron chi connectivity index (χ2n) is 9.34. The summed E-state index contributed by atoms with van der Waals surface area (Å²) in [6.45, 7) is 5.76. The number of hydrogen-bond donors (Lipinski definition) is 0. The van der Waals surface area contributed by atoms with E-state index >= 15 is 0 Å². The molecule has 0 fully saturated rings. The van der Waals surface area contributed by atoms with Crippen LogP contribution in [0.2, 0.25) is 0 Å². The van der Waals surface area contributed by atoms with Gasteiger partial charge in [-0.2, -0.15) is 16.8 Å². The van der Waals surface area contributed by atoms with Gasteiger partial charge in [-0.15, -0.1) is 0 Å². The van der Waals surface area contributed by atoms with Crippen LogP contribution in [0.25, 0.3) is 0 Å². The van der Waals surface area contributed by atoms with Gasteiger partial charge >= 0.3 is 0 Å². The summed E-state index contributed by atoms with van der Waals surface area (Å²) < 4.78 is 81.5. The molecule has 3 aromatic carbocycles. The molecule has 0 saturated heterocycles. The zero-order valence-electron chi connectivity index (χ0n) is 22.4. The molecule has 212 valence electrons. The number of halogens is 1. The lowest BCUT2D eigenvalue weighted by molar-refractivity contribution is 0.262. The molecule has 0 saturated carbocycles. The highest BCUT2D eigenvalue weighted by Crippen LogP contribution is 2.33. The second kappa shape index (κ2) is 14.0. The predicted molar refractivity (Wildman–Crippen MR) is 147 cm³/mol. The largest absolute Gasteiger partial charge is 0.493 e. The molecule has 0 radical (unpaired) electrons. The lowest BCUT2D eigenvalue weighted by Crippen LogP contribution is -2.15. The summed E-state index contributed by atoms with van der Waals surface area (Å²) in [5.74, 6) is -0.532. The van der Waals surface area contributed by atoms with Crippen LogP contribution in [-0.2, 0) is 28.6 Å². The van der Waals surface area contributed by atoms with E-state index in [1.54, 1.807) is 24.3 Å². The van der Waals surface area contributed by atoms with E-state index in [0.717, 1.165) is 24.0 Å². The van der Waals surface area contributed by atoms with Gasteiger partial charge in [0.1, 0.15) is 11.6 Å². The molecule has 7 nitrogen and oxygen atoms in total. The average Bonchev–Trinajstić information content (AvgIpc) is 2.89. The maximum absolute atomic E-state index is 14.3. The lowest BCUT2D eigenvalue weighted by atomic mass is 9.92. The number of benzene rings is 3. The summed E-state index contributed by atoms with van der Waals surface area (Å²) >= 11 is 0. The molecule has 3 aromatic rings. The lowest BCUT2D eigenvalue weighted by Gasteiger charge is -2.21. The topological polar surface area (TPSA) is 96.0 Å². The highest BCUT2D eigenvalue weighted by molar-refractivity contribution is 7.87. The van der Waals surface area contributed by atoms with E-state index in [1.165, 1.54) is 42.5 Å². The molecule has 0 atom stereocenters. The monoisotopic (exact) mass is 578 g/mol. The van der Waals surface area contributed by atoms with Crippen molar-refractivity contribution in [2.75, 3.05) is 19.8 Å². The summed E-state index contributed by atoms with van der Waals surface area (Å²) in [5, 5.41) is 0. The molecule has 0 N–H and O–H groups in total. The van der Waals surface area contributed by atoms with E-state index < -0.39 is 32.0 Å². The van der Waals surface area contributed by atoms with E-state index in [9.17, 15) is 21.2 Å². The molecule has 0 aromatic heterocycles. The van der Waals surface area contributed by atoms with Gasteiger partial charge in [-0.1, -0.05) is 48.7 Å². The van der Waals surface area contributed by atoms with Crippen LogP contribution in [0.5, 0.6) is 5.75 Å². The van der Waals surface area contributed by atoms with Gasteiger partial charge in [0.15, 0.2) is 0 Å². The molecular formula is C29H35FO7S2. The van der Waals surface area contributed by atoms with E-state index in [0.29, 0.717) is 17.9 Å². The fourth-order valence-electron chi connectivity index (χ4n) is 3.90. The molecular weight excluding hydrogens is 543 g/mol. The van der Waals surface area contributed by atoms with Crippen LogP contribution in [0.15, 0.2) is 76.5 Å². The first-order chi connectivity index (χ1) is 18.5. The minimum Gasteiger partial charge on any atom is -0.493 e. The Balaban J connectivity index is 1.77. The van der Waals surface area contributed by atoms with Crippen molar-refractivity contribution < 1.29 is 34.3 Å². The molecule has 0 amide bonds. The molecule has 39 heavy (non-hydrogen) atoms. The zero-order valence-corrected chi connectivity index (χ0v) is 24.1. The van der Waals surface area contributed by atoms with Gasteiger partial charge in [0.05, 0.1) is 29.6 Å². The molecule has 10 heteroatoms. The summed E-state index contributed by atoms with van der Waals surface area (Å²) in [6, 6.07) is 16.7. The van der Waals surface area contributed by atoms with E-state index in [1.807, 2.05) is 20.8 Å². The third-order valence-electron chi connectivity index (χ3n) is 6.20. The van der Waals surface area contributed by atoms with Crippen molar-refractivity contribution in [1.29, 1.82) is 0 Å². The highest BCUT2D eigenvalue weighted by atomic mass is 32.2. The predicted octanol–water partition coefficient (Wildman–Crippen LogP) is 6.30. The summed E-state index contributed by atoms with van der Waals surface area (Å²) in [4.78, 5) is 0.0676. The maximum Gasteiger partial charge on any atom is 0.296 e. The fourth-order valence-corrected chi connectivity index (χ4v) is 5.74. The summed E-state index contributed by atoms with van der Waals surface area (Å²) in [7, 11) is -8.01. The van der Waals surface area contributed by atoms with Crippen LogP contribution in [0.4, 0.5) is 4.39 Å². The van der Waals surface area contributed by atoms with Gasteiger partial charge in [0.2, 0.25) is 0 Å². The Labute approximate surface area is 231 Å². The molecule has 3 rings (SSSR count). The highest BCUT2D eigenvalue weighted by Gasteiger charge is 2.23. The first-order valence-electron chi connectivity index (χ1n) is 12.9. The normalized spacial score (nSPS) is 12.1. The van der Waals surface area contributed by atoms with E-state index in [2.05, 4.69) is 0 Å². The van der Waals surface area contributed by atoms with Crippen molar-refractivity contribution in [2.45, 2.75) is 62.2 Å². The molecule has 0 aliphatic rings. The third-order valence-corrected chi connectivity index (χ3v) is 8.85. The first kappa shape index (κ1) is 30.7. The van der Waals surface area contributed by atoms with Crippen molar-refractivity contribution >= 4 is 20.2 Å². The Morgan fingerprint density at radius 2 is 1.21 bits per heavy atom. The minimum atomic E-state index is -4.01. The Morgan fingerprint density at radius 1 is 0.718 bits per heavy atom. The Hall–Kier alpha value is -2.79. The molecule has 0 bridgehead atoms. The number of ether oxygens (including phenoxy) is 1. The zero-order chi connectivity index (χ0) is 28.5. The SMILES string of the molecule is CCCCOc1ccc(F)cc1C(CCOS(=O)(=O)c1ccc(C)cc1)CCOS(=O)(=O)c1ccc(C)cc1. The number of unbranched alkanes of at least 4 members (excludes halogenated alkanes) is 1. The number of rotatable bonds is 15. The average molecular weight is 579 g/mol. The second-order valence-corrected chi connectivity index (χ2v) is 12.6.